The minimum atomic E-state index is -3.58. The van der Waals surface area contributed by atoms with Crippen molar-refractivity contribution in [3.8, 4) is 0 Å². The summed E-state index contributed by atoms with van der Waals surface area (Å²) in [5, 5.41) is 0. The Balaban J connectivity index is 1.70. The van der Waals surface area contributed by atoms with E-state index in [1.807, 2.05) is 50.4 Å². The van der Waals surface area contributed by atoms with Gasteiger partial charge in [0.05, 0.1) is 17.6 Å². The lowest BCUT2D eigenvalue weighted by molar-refractivity contribution is -0.0415. The van der Waals surface area contributed by atoms with E-state index in [-0.39, 0.29) is 18.1 Å². The molecule has 0 radical (unpaired) electrons. The number of aryl methyl sites for hydroxylation is 1. The molecule has 0 amide bonds. The molecule has 180 valence electrons. The van der Waals surface area contributed by atoms with Crippen molar-refractivity contribution in [2.45, 2.75) is 56.8 Å². The Labute approximate surface area is 207 Å². The molecule has 2 aromatic carbocycles. The van der Waals surface area contributed by atoms with Gasteiger partial charge in [0.25, 0.3) is 0 Å². The Morgan fingerprint density at radius 3 is 2.45 bits per heavy atom. The van der Waals surface area contributed by atoms with Gasteiger partial charge in [-0.1, -0.05) is 66.7 Å². The van der Waals surface area contributed by atoms with Crippen molar-refractivity contribution in [2.75, 3.05) is 19.3 Å². The van der Waals surface area contributed by atoms with Gasteiger partial charge >= 0.3 is 0 Å². The molecule has 0 aromatic heterocycles. The third-order valence-electron chi connectivity index (χ3n) is 6.07. The minimum Gasteiger partial charge on any atom is -0.475 e. The van der Waals surface area contributed by atoms with Crippen LogP contribution in [0, 0.1) is 12.8 Å². The third-order valence-corrected chi connectivity index (χ3v) is 9.05. The van der Waals surface area contributed by atoms with Gasteiger partial charge in [0, 0.05) is 25.4 Å². The second-order valence-electron chi connectivity index (χ2n) is 8.37. The van der Waals surface area contributed by atoms with Crippen LogP contribution in [0.1, 0.15) is 37.3 Å². The normalized spacial score (nSPS) is 21.2. The molecule has 0 spiro atoms. The van der Waals surface area contributed by atoms with E-state index in [1.165, 1.54) is 11.8 Å². The van der Waals surface area contributed by atoms with Crippen LogP contribution < -0.4 is 0 Å². The second kappa shape index (κ2) is 12.3. The van der Waals surface area contributed by atoms with Crippen LogP contribution in [0.15, 0.2) is 59.5 Å². The van der Waals surface area contributed by atoms with Crippen molar-refractivity contribution in [2.24, 2.45) is 5.92 Å². The molecule has 0 N–H and O–H groups in total. The van der Waals surface area contributed by atoms with E-state index in [2.05, 4.69) is 12.1 Å². The summed E-state index contributed by atoms with van der Waals surface area (Å²) in [6.45, 7) is 5.18. The highest BCUT2D eigenvalue weighted by Gasteiger charge is 2.36. The predicted molar refractivity (Wildman–Crippen MR) is 139 cm³/mol. The van der Waals surface area contributed by atoms with Gasteiger partial charge in [-0.05, 0) is 55.9 Å². The molecule has 5 nitrogen and oxygen atoms in total. The van der Waals surface area contributed by atoms with Crippen LogP contribution in [0.4, 0.5) is 0 Å². The molecule has 1 aliphatic rings. The zero-order valence-corrected chi connectivity index (χ0v) is 21.9. The lowest BCUT2D eigenvalue weighted by Gasteiger charge is -2.38. The average Bonchev–Trinajstić information content (AvgIpc) is 2.82. The number of nitrogens with zero attached hydrogens (tertiary/aromatic N) is 1. The quantitative estimate of drug-likeness (QED) is 0.422. The Hall–Kier alpha value is -1.45. The Morgan fingerprint density at radius 1 is 1.12 bits per heavy atom. The maximum Gasteiger partial charge on any atom is 0.243 e. The summed E-state index contributed by atoms with van der Waals surface area (Å²) in [5.41, 5.74) is 2.17. The fourth-order valence-corrected chi connectivity index (χ4v) is 5.99. The molecule has 8 heteroatoms. The highest BCUT2D eigenvalue weighted by atomic mass is 32.2. The van der Waals surface area contributed by atoms with Crippen molar-refractivity contribution in [1.82, 2.24) is 4.31 Å². The molecule has 1 aliphatic carbocycles. The van der Waals surface area contributed by atoms with Gasteiger partial charge in [0.1, 0.15) is 6.10 Å². The molecule has 1 fully saturated rings. The summed E-state index contributed by atoms with van der Waals surface area (Å²) in [5.74, 6) is 0.0480. The number of hydrogen-bond donors (Lipinski definition) is 0. The summed E-state index contributed by atoms with van der Waals surface area (Å²) in [6.07, 6.45) is 4.15. The molecule has 3 rings (SSSR count). The van der Waals surface area contributed by atoms with Gasteiger partial charge in [-0.15, -0.1) is 0 Å². The van der Waals surface area contributed by atoms with E-state index in [9.17, 15) is 8.42 Å². The molecular formula is C25H33NO4S3. The van der Waals surface area contributed by atoms with Crippen LogP contribution in [-0.4, -0.2) is 48.7 Å². The van der Waals surface area contributed by atoms with Gasteiger partial charge in [-0.2, -0.15) is 4.31 Å². The highest BCUT2D eigenvalue weighted by molar-refractivity contribution is 8.22. The van der Waals surface area contributed by atoms with E-state index in [1.54, 1.807) is 16.4 Å². The number of hydrogen-bond acceptors (Lipinski definition) is 6. The third kappa shape index (κ3) is 7.26. The van der Waals surface area contributed by atoms with Crippen molar-refractivity contribution < 1.29 is 17.9 Å². The zero-order chi connectivity index (χ0) is 23.8. The molecule has 3 atom stereocenters. The van der Waals surface area contributed by atoms with Gasteiger partial charge in [-0.25, -0.2) is 8.42 Å². The Kier molecular flexibility index (Phi) is 9.76. The second-order valence-corrected chi connectivity index (χ2v) is 11.7. The van der Waals surface area contributed by atoms with E-state index in [0.29, 0.717) is 35.4 Å². The maximum atomic E-state index is 13.3. The molecule has 3 unspecified atom stereocenters. The lowest BCUT2D eigenvalue weighted by Crippen LogP contribution is -2.44. The smallest absolute Gasteiger partial charge is 0.243 e. The van der Waals surface area contributed by atoms with E-state index in [4.69, 9.17) is 21.7 Å². The van der Waals surface area contributed by atoms with E-state index >= 15 is 0 Å². The number of sulfonamides is 1. The Morgan fingerprint density at radius 2 is 1.82 bits per heavy atom. The molecule has 0 saturated heterocycles. The average molecular weight is 508 g/mol. The number of rotatable bonds is 9. The first-order valence-corrected chi connectivity index (χ1v) is 14.4. The molecule has 0 heterocycles. The molecule has 0 bridgehead atoms. The zero-order valence-electron chi connectivity index (χ0n) is 19.5. The largest absolute Gasteiger partial charge is 0.475 e. The van der Waals surface area contributed by atoms with Crippen LogP contribution in [0.2, 0.25) is 0 Å². The monoisotopic (exact) mass is 507 g/mol. The van der Waals surface area contributed by atoms with Crippen molar-refractivity contribution >= 4 is 38.4 Å². The summed E-state index contributed by atoms with van der Waals surface area (Å²) < 4.78 is 40.9. The van der Waals surface area contributed by atoms with Crippen LogP contribution in [0.25, 0.3) is 0 Å². The minimum absolute atomic E-state index is 0.0480. The van der Waals surface area contributed by atoms with Gasteiger partial charge in [-0.3, -0.25) is 0 Å². The number of ether oxygens (including phenoxy) is 2. The predicted octanol–water partition coefficient (Wildman–Crippen LogP) is 5.42. The SMILES string of the molecule is CCN(CC1CCC(OCc2ccccc2)CC1OC(=S)SC)S(=O)(=O)c1ccc(C)cc1. The fraction of sp³-hybridized carbons (Fsp3) is 0.480. The van der Waals surface area contributed by atoms with E-state index < -0.39 is 10.0 Å². The summed E-state index contributed by atoms with van der Waals surface area (Å²) >= 11 is 6.74. The van der Waals surface area contributed by atoms with Crippen molar-refractivity contribution in [3.63, 3.8) is 0 Å². The molecule has 0 aliphatic heterocycles. The van der Waals surface area contributed by atoms with Gasteiger partial charge in [0.15, 0.2) is 0 Å². The van der Waals surface area contributed by atoms with Crippen LogP contribution >= 0.6 is 24.0 Å². The van der Waals surface area contributed by atoms with Gasteiger partial charge in [0.2, 0.25) is 14.4 Å². The molecule has 1 saturated carbocycles. The summed E-state index contributed by atoms with van der Waals surface area (Å²) in [4.78, 5) is 0.326. The van der Waals surface area contributed by atoms with Crippen molar-refractivity contribution in [1.29, 1.82) is 0 Å². The molecule has 2 aromatic rings. The Bertz CT molecular complexity index is 996. The number of benzene rings is 2. The molecule has 33 heavy (non-hydrogen) atoms. The first kappa shape index (κ1) is 26.2. The molecular weight excluding hydrogens is 474 g/mol. The summed E-state index contributed by atoms with van der Waals surface area (Å²) in [7, 11) is -3.58. The summed E-state index contributed by atoms with van der Waals surface area (Å²) in [6, 6.07) is 17.1. The standard InChI is InChI=1S/C25H33NO4S3/c1-4-26(33(27,28)23-14-10-19(2)11-15-23)17-21-12-13-22(16-24(21)30-25(31)32-3)29-18-20-8-6-5-7-9-20/h5-11,14-15,21-22,24H,4,12-13,16-18H2,1-3H3. The van der Waals surface area contributed by atoms with Crippen LogP contribution in [0.5, 0.6) is 0 Å². The highest BCUT2D eigenvalue weighted by Crippen LogP contribution is 2.32. The number of thiocarbonyl (C=S) groups is 1. The first-order chi connectivity index (χ1) is 15.8. The van der Waals surface area contributed by atoms with Crippen LogP contribution in [0.3, 0.4) is 0 Å². The van der Waals surface area contributed by atoms with E-state index in [0.717, 1.165) is 24.0 Å². The van der Waals surface area contributed by atoms with Crippen LogP contribution in [-0.2, 0) is 26.1 Å². The fourth-order valence-electron chi connectivity index (χ4n) is 4.14. The lowest BCUT2D eigenvalue weighted by atomic mass is 9.84. The maximum absolute atomic E-state index is 13.3. The first-order valence-electron chi connectivity index (χ1n) is 11.3. The number of thioether (sulfide) groups is 1. The topological polar surface area (TPSA) is 55.8 Å². The van der Waals surface area contributed by atoms with Gasteiger partial charge < -0.3 is 9.47 Å². The van der Waals surface area contributed by atoms with Crippen molar-refractivity contribution in [3.05, 3.63) is 65.7 Å².